The number of hydrogen-bond acceptors (Lipinski definition) is 9. The van der Waals surface area contributed by atoms with Gasteiger partial charge in [0.05, 0.1) is 19.4 Å². The van der Waals surface area contributed by atoms with Gasteiger partial charge in [-0.2, -0.15) is 15.1 Å². The first-order chi connectivity index (χ1) is 18.8. The molecular weight excluding hydrogens is 480 g/mol. The smallest absolute Gasteiger partial charge is 0.229 e. The summed E-state index contributed by atoms with van der Waals surface area (Å²) in [5, 5.41) is 4.48. The van der Waals surface area contributed by atoms with Gasteiger partial charge < -0.3 is 24.0 Å². The number of benzene rings is 2. The molecule has 38 heavy (non-hydrogen) atoms. The first-order valence-electron chi connectivity index (χ1n) is 13.5. The number of ether oxygens (including phenoxy) is 3. The Labute approximate surface area is 224 Å². The zero-order valence-corrected chi connectivity index (χ0v) is 21.8. The summed E-state index contributed by atoms with van der Waals surface area (Å²) < 4.78 is 17.2. The Hall–Kier alpha value is -3.85. The summed E-state index contributed by atoms with van der Waals surface area (Å²) in [6, 6.07) is 19.5. The average Bonchev–Trinajstić information content (AvgIpc) is 3.69. The molecule has 0 aliphatic carbocycles. The maximum Gasteiger partial charge on any atom is 0.229 e. The molecule has 9 heteroatoms. The molecule has 2 aliphatic heterocycles. The van der Waals surface area contributed by atoms with Gasteiger partial charge in [-0.05, 0) is 49.9 Å². The fourth-order valence-corrected chi connectivity index (χ4v) is 4.58. The van der Waals surface area contributed by atoms with Crippen LogP contribution in [0.25, 0.3) is 0 Å². The molecule has 0 amide bonds. The first kappa shape index (κ1) is 25.8. The summed E-state index contributed by atoms with van der Waals surface area (Å²) in [5.74, 6) is 4.04. The topological polar surface area (TPSA) is 84.3 Å². The minimum atomic E-state index is 0.438. The van der Waals surface area contributed by atoms with Crippen LogP contribution in [0, 0.1) is 0 Å². The molecule has 0 unspecified atom stereocenters. The van der Waals surface area contributed by atoms with Crippen molar-refractivity contribution in [2.45, 2.75) is 25.7 Å². The van der Waals surface area contributed by atoms with E-state index in [0.717, 1.165) is 55.0 Å². The summed E-state index contributed by atoms with van der Waals surface area (Å²) in [5.41, 5.74) is 4.00. The molecule has 3 aromatic rings. The lowest BCUT2D eigenvalue weighted by molar-refractivity contribution is 0.0764. The SMILES string of the molecule is C(=NNc1cc(N2CCCC2)nc(N2CCCC2)n1)c1ccccc1OCCOCCOc1ccccc1. The van der Waals surface area contributed by atoms with E-state index in [-0.39, 0.29) is 0 Å². The number of aromatic nitrogens is 2. The van der Waals surface area contributed by atoms with Crippen molar-refractivity contribution in [1.82, 2.24) is 9.97 Å². The third-order valence-electron chi connectivity index (χ3n) is 6.55. The van der Waals surface area contributed by atoms with Crippen LogP contribution in [0.1, 0.15) is 31.2 Å². The van der Waals surface area contributed by atoms with Gasteiger partial charge in [-0.25, -0.2) is 0 Å². The molecule has 200 valence electrons. The summed E-state index contributed by atoms with van der Waals surface area (Å²) >= 11 is 0. The minimum absolute atomic E-state index is 0.438. The van der Waals surface area contributed by atoms with Crippen molar-refractivity contribution >= 4 is 23.8 Å². The number of anilines is 3. The van der Waals surface area contributed by atoms with Crippen molar-refractivity contribution in [3.05, 3.63) is 66.2 Å². The van der Waals surface area contributed by atoms with Crippen LogP contribution in [0.15, 0.2) is 65.8 Å². The van der Waals surface area contributed by atoms with Crippen molar-refractivity contribution < 1.29 is 14.2 Å². The largest absolute Gasteiger partial charge is 0.491 e. The molecule has 0 bridgehead atoms. The molecule has 0 atom stereocenters. The van der Waals surface area contributed by atoms with Crippen molar-refractivity contribution in [3.63, 3.8) is 0 Å². The molecular formula is C29H36N6O3. The van der Waals surface area contributed by atoms with Crippen molar-refractivity contribution in [1.29, 1.82) is 0 Å². The summed E-state index contributed by atoms with van der Waals surface area (Å²) in [6.07, 6.45) is 6.53. The van der Waals surface area contributed by atoms with E-state index in [2.05, 4.69) is 20.3 Å². The van der Waals surface area contributed by atoms with E-state index in [4.69, 9.17) is 24.2 Å². The summed E-state index contributed by atoms with van der Waals surface area (Å²) in [7, 11) is 0. The van der Waals surface area contributed by atoms with Gasteiger partial charge in [-0.1, -0.05) is 30.3 Å². The van der Waals surface area contributed by atoms with E-state index in [0.29, 0.717) is 32.2 Å². The van der Waals surface area contributed by atoms with Gasteiger partial charge in [0.25, 0.3) is 0 Å². The van der Waals surface area contributed by atoms with Crippen LogP contribution in [0.5, 0.6) is 11.5 Å². The van der Waals surface area contributed by atoms with Crippen LogP contribution in [0.3, 0.4) is 0 Å². The van der Waals surface area contributed by atoms with Gasteiger partial charge in [0, 0.05) is 37.8 Å². The second-order valence-corrected chi connectivity index (χ2v) is 9.33. The van der Waals surface area contributed by atoms with Crippen LogP contribution in [0.4, 0.5) is 17.6 Å². The first-order valence-corrected chi connectivity index (χ1v) is 13.5. The Morgan fingerprint density at radius 3 is 2.24 bits per heavy atom. The third-order valence-corrected chi connectivity index (χ3v) is 6.55. The lowest BCUT2D eigenvalue weighted by Gasteiger charge is -2.21. The Morgan fingerprint density at radius 1 is 0.763 bits per heavy atom. The average molecular weight is 517 g/mol. The molecule has 9 nitrogen and oxygen atoms in total. The molecule has 0 radical (unpaired) electrons. The highest BCUT2D eigenvalue weighted by Gasteiger charge is 2.20. The van der Waals surface area contributed by atoms with Crippen molar-refractivity contribution in [2.75, 3.05) is 67.8 Å². The van der Waals surface area contributed by atoms with Gasteiger partial charge in [0.1, 0.15) is 30.5 Å². The molecule has 2 saturated heterocycles. The fraction of sp³-hybridized carbons (Fsp3) is 0.414. The second kappa shape index (κ2) is 13.6. The van der Waals surface area contributed by atoms with E-state index in [9.17, 15) is 0 Å². The van der Waals surface area contributed by atoms with E-state index in [1.165, 1.54) is 25.7 Å². The number of nitrogens with one attached hydrogen (secondary N) is 1. The number of hydrazone groups is 1. The number of para-hydroxylation sites is 2. The molecule has 2 aliphatic rings. The Kier molecular flexibility index (Phi) is 9.24. The molecule has 3 heterocycles. The molecule has 5 rings (SSSR count). The summed E-state index contributed by atoms with van der Waals surface area (Å²) in [6.45, 7) is 5.99. The highest BCUT2D eigenvalue weighted by molar-refractivity contribution is 5.84. The molecule has 0 spiro atoms. The van der Waals surface area contributed by atoms with E-state index in [1.807, 2.05) is 60.7 Å². The standard InChI is InChI=1S/C29H36N6O3/c1-2-11-25(12-3-1)37-20-18-36-19-21-38-26-13-5-4-10-24(26)23-30-33-27-22-28(34-14-6-7-15-34)32-29(31-27)35-16-8-9-17-35/h1-5,10-13,22-23H,6-9,14-21H2,(H,31,32,33). The van der Waals surface area contributed by atoms with E-state index in [1.54, 1.807) is 6.21 Å². The van der Waals surface area contributed by atoms with Gasteiger partial charge >= 0.3 is 0 Å². The maximum absolute atomic E-state index is 5.95. The zero-order chi connectivity index (χ0) is 25.8. The predicted octanol–water partition coefficient (Wildman–Crippen LogP) is 4.60. The predicted molar refractivity (Wildman–Crippen MR) is 151 cm³/mol. The number of rotatable bonds is 13. The summed E-state index contributed by atoms with van der Waals surface area (Å²) in [4.78, 5) is 14.2. The van der Waals surface area contributed by atoms with Crippen molar-refractivity contribution in [2.24, 2.45) is 5.10 Å². The molecule has 2 fully saturated rings. The van der Waals surface area contributed by atoms with E-state index < -0.39 is 0 Å². The van der Waals surface area contributed by atoms with Crippen LogP contribution in [-0.2, 0) is 4.74 Å². The molecule has 1 aromatic heterocycles. The zero-order valence-electron chi connectivity index (χ0n) is 21.8. The Bertz CT molecular complexity index is 1130. The van der Waals surface area contributed by atoms with Gasteiger partial charge in [0.15, 0.2) is 5.82 Å². The molecule has 2 aromatic carbocycles. The van der Waals surface area contributed by atoms with Crippen LogP contribution < -0.4 is 24.7 Å². The minimum Gasteiger partial charge on any atom is -0.491 e. The Balaban J connectivity index is 1.13. The molecule has 1 N–H and O–H groups in total. The monoisotopic (exact) mass is 516 g/mol. The van der Waals surface area contributed by atoms with Gasteiger partial charge in [-0.3, -0.25) is 5.43 Å². The lowest BCUT2D eigenvalue weighted by atomic mass is 10.2. The normalized spacial score (nSPS) is 15.4. The maximum atomic E-state index is 5.95. The van der Waals surface area contributed by atoms with Crippen molar-refractivity contribution in [3.8, 4) is 11.5 Å². The quantitative estimate of drug-likeness (QED) is 0.201. The molecule has 0 saturated carbocycles. The number of hydrogen-bond donors (Lipinski definition) is 1. The lowest BCUT2D eigenvalue weighted by Crippen LogP contribution is -2.24. The van der Waals surface area contributed by atoms with Gasteiger partial charge in [-0.15, -0.1) is 0 Å². The van der Waals surface area contributed by atoms with E-state index >= 15 is 0 Å². The van der Waals surface area contributed by atoms with Gasteiger partial charge in [0.2, 0.25) is 5.95 Å². The number of nitrogens with zero attached hydrogens (tertiary/aromatic N) is 5. The second-order valence-electron chi connectivity index (χ2n) is 9.33. The highest BCUT2D eigenvalue weighted by atomic mass is 16.5. The third kappa shape index (κ3) is 7.35. The van der Waals surface area contributed by atoms with Crippen LogP contribution in [-0.4, -0.2) is 68.8 Å². The Morgan fingerprint density at radius 2 is 1.45 bits per heavy atom. The fourth-order valence-electron chi connectivity index (χ4n) is 4.58. The van der Waals surface area contributed by atoms with Crippen LogP contribution >= 0.6 is 0 Å². The van der Waals surface area contributed by atoms with Crippen LogP contribution in [0.2, 0.25) is 0 Å². The highest BCUT2D eigenvalue weighted by Crippen LogP contribution is 2.25.